The van der Waals surface area contributed by atoms with Crippen molar-refractivity contribution in [2.75, 3.05) is 6.54 Å². The van der Waals surface area contributed by atoms with Crippen molar-refractivity contribution in [2.24, 2.45) is 0 Å². The number of aryl methyl sites for hydroxylation is 8. The standard InChI is InChI=1S/C42H53NO2P2/c1-27-13-28(2)18-35(17-27)46(36-19-29(3)14-30(4)20-36)39-25-42(12,43(26-39)40(44)45-41(9,10)11)47(37-21-31(5)15-32(6)22-37)38-23-33(7)16-34(8)24-38/h13-24,39H,25-26H2,1-12H3. The van der Waals surface area contributed by atoms with Gasteiger partial charge in [0.25, 0.3) is 0 Å². The predicted molar refractivity (Wildman–Crippen MR) is 206 cm³/mol. The summed E-state index contributed by atoms with van der Waals surface area (Å²) < 4.78 is 6.25. The Morgan fingerprint density at radius 1 is 0.617 bits per heavy atom. The van der Waals surface area contributed by atoms with Crippen molar-refractivity contribution in [1.82, 2.24) is 4.90 Å². The van der Waals surface area contributed by atoms with E-state index in [1.54, 1.807) is 0 Å². The van der Waals surface area contributed by atoms with Crippen molar-refractivity contribution < 1.29 is 9.53 Å². The van der Waals surface area contributed by atoms with Crippen molar-refractivity contribution in [3.63, 3.8) is 0 Å². The van der Waals surface area contributed by atoms with Crippen LogP contribution >= 0.6 is 15.8 Å². The largest absolute Gasteiger partial charge is 0.444 e. The molecule has 248 valence electrons. The van der Waals surface area contributed by atoms with E-state index in [4.69, 9.17) is 4.74 Å². The molecule has 47 heavy (non-hydrogen) atoms. The molecule has 0 aliphatic carbocycles. The zero-order chi connectivity index (χ0) is 34.4. The van der Waals surface area contributed by atoms with Crippen LogP contribution in [0.2, 0.25) is 0 Å². The number of likely N-dealkylation sites (tertiary alicyclic amines) is 1. The molecule has 4 aromatic rings. The zero-order valence-electron chi connectivity index (χ0n) is 30.6. The van der Waals surface area contributed by atoms with Crippen molar-refractivity contribution in [2.45, 2.75) is 106 Å². The Morgan fingerprint density at radius 3 is 1.26 bits per heavy atom. The lowest BCUT2D eigenvalue weighted by atomic mass is 10.1. The van der Waals surface area contributed by atoms with Crippen LogP contribution in [0.25, 0.3) is 0 Å². The molecule has 4 aromatic carbocycles. The van der Waals surface area contributed by atoms with E-state index in [-0.39, 0.29) is 11.8 Å². The molecule has 5 heteroatoms. The Bertz CT molecular complexity index is 1620. The van der Waals surface area contributed by atoms with Gasteiger partial charge in [-0.3, -0.25) is 4.90 Å². The van der Waals surface area contributed by atoms with Crippen LogP contribution in [0.3, 0.4) is 0 Å². The summed E-state index contributed by atoms with van der Waals surface area (Å²) in [5.74, 6) is 0. The molecule has 2 unspecified atom stereocenters. The minimum absolute atomic E-state index is 0.209. The second kappa shape index (κ2) is 13.5. The summed E-state index contributed by atoms with van der Waals surface area (Å²) in [6.07, 6.45) is 0.684. The van der Waals surface area contributed by atoms with Crippen LogP contribution in [0.15, 0.2) is 72.8 Å². The molecule has 0 bridgehead atoms. The first-order valence-corrected chi connectivity index (χ1v) is 19.6. The lowest BCUT2D eigenvalue weighted by Gasteiger charge is -2.43. The van der Waals surface area contributed by atoms with E-state index >= 15 is 0 Å². The second-order valence-electron chi connectivity index (χ2n) is 15.3. The van der Waals surface area contributed by atoms with Crippen LogP contribution in [-0.4, -0.2) is 34.1 Å². The summed E-state index contributed by atoms with van der Waals surface area (Å²) in [5, 5.41) is 4.95. The van der Waals surface area contributed by atoms with Gasteiger partial charge in [0.2, 0.25) is 0 Å². The molecule has 0 radical (unpaired) electrons. The van der Waals surface area contributed by atoms with Gasteiger partial charge < -0.3 is 4.74 Å². The third-order valence-corrected chi connectivity index (χ3v) is 14.6. The molecule has 3 nitrogen and oxygen atoms in total. The predicted octanol–water partition coefficient (Wildman–Crippen LogP) is 9.45. The Balaban J connectivity index is 1.76. The number of rotatable bonds is 6. The van der Waals surface area contributed by atoms with Crippen LogP contribution in [-0.2, 0) is 4.74 Å². The highest BCUT2D eigenvalue weighted by Crippen LogP contribution is 2.60. The van der Waals surface area contributed by atoms with Crippen LogP contribution in [0.4, 0.5) is 4.79 Å². The molecule has 1 aliphatic heterocycles. The number of amides is 1. The van der Waals surface area contributed by atoms with Gasteiger partial charge in [-0.2, -0.15) is 0 Å². The maximum atomic E-state index is 14.5. The number of ether oxygens (including phenoxy) is 1. The van der Waals surface area contributed by atoms with Gasteiger partial charge in [-0.1, -0.05) is 117 Å². The number of hydrogen-bond donors (Lipinski definition) is 0. The fraction of sp³-hybridized carbons (Fsp3) is 0.405. The quantitative estimate of drug-likeness (QED) is 0.192. The minimum atomic E-state index is -0.991. The molecule has 2 atom stereocenters. The Hall–Kier alpha value is -2.99. The molecule has 0 aromatic heterocycles. The van der Waals surface area contributed by atoms with E-state index in [0.29, 0.717) is 6.54 Å². The van der Waals surface area contributed by atoms with E-state index in [1.807, 2.05) is 20.8 Å². The number of benzene rings is 4. The van der Waals surface area contributed by atoms with Gasteiger partial charge in [0.15, 0.2) is 0 Å². The average molecular weight is 666 g/mol. The fourth-order valence-corrected chi connectivity index (χ4v) is 14.7. The van der Waals surface area contributed by atoms with E-state index < -0.39 is 26.7 Å². The molecule has 1 amide bonds. The number of carbonyl (C=O) groups is 1. The molecular weight excluding hydrogens is 612 g/mol. The van der Waals surface area contributed by atoms with E-state index in [2.05, 4.69) is 140 Å². The Kier molecular flexibility index (Phi) is 10.1. The van der Waals surface area contributed by atoms with Gasteiger partial charge in [0, 0.05) is 12.2 Å². The van der Waals surface area contributed by atoms with Crippen LogP contribution < -0.4 is 21.2 Å². The third kappa shape index (κ3) is 8.01. The van der Waals surface area contributed by atoms with E-state index in [0.717, 1.165) is 6.42 Å². The summed E-state index contributed by atoms with van der Waals surface area (Å²) in [6, 6.07) is 28.0. The third-order valence-electron chi connectivity index (χ3n) is 8.96. The zero-order valence-corrected chi connectivity index (χ0v) is 32.4. The van der Waals surface area contributed by atoms with Crippen LogP contribution in [0.5, 0.6) is 0 Å². The Morgan fingerprint density at radius 2 is 0.936 bits per heavy atom. The highest BCUT2D eigenvalue weighted by atomic mass is 31.1. The van der Waals surface area contributed by atoms with Crippen molar-refractivity contribution in [3.05, 3.63) is 117 Å². The van der Waals surface area contributed by atoms with E-state index in [1.165, 1.54) is 65.7 Å². The van der Waals surface area contributed by atoms with Crippen molar-refractivity contribution >= 4 is 43.2 Å². The smallest absolute Gasteiger partial charge is 0.411 e. The highest BCUT2D eigenvalue weighted by Gasteiger charge is 2.53. The second-order valence-corrected chi connectivity index (χ2v) is 20.4. The lowest BCUT2D eigenvalue weighted by Crippen LogP contribution is -2.49. The summed E-state index contributed by atoms with van der Waals surface area (Å²) in [4.78, 5) is 16.6. The first-order valence-electron chi connectivity index (χ1n) is 16.9. The summed E-state index contributed by atoms with van der Waals surface area (Å²) in [5.41, 5.74) is 9.83. The van der Waals surface area contributed by atoms with E-state index in [9.17, 15) is 4.79 Å². The average Bonchev–Trinajstić information content (AvgIpc) is 3.23. The first kappa shape index (κ1) is 35.3. The van der Waals surface area contributed by atoms with Gasteiger partial charge in [0.1, 0.15) is 5.60 Å². The van der Waals surface area contributed by atoms with Gasteiger partial charge in [-0.25, -0.2) is 4.79 Å². The SMILES string of the molecule is Cc1cc(C)cc(P(c2cc(C)cc(C)c2)C2CN(C(=O)OC(C)(C)C)C(C)(P(c3cc(C)cc(C)c3)c3cc(C)cc(C)c3)C2)c1. The lowest BCUT2D eigenvalue weighted by molar-refractivity contribution is 0.0207. The molecule has 5 rings (SSSR count). The highest BCUT2D eigenvalue weighted by molar-refractivity contribution is 7.75. The topological polar surface area (TPSA) is 29.5 Å². The molecule has 1 fully saturated rings. The maximum Gasteiger partial charge on any atom is 0.411 e. The minimum Gasteiger partial charge on any atom is -0.444 e. The van der Waals surface area contributed by atoms with Gasteiger partial charge in [0.05, 0.1) is 5.28 Å². The van der Waals surface area contributed by atoms with Gasteiger partial charge >= 0.3 is 6.09 Å². The number of nitrogens with zero attached hydrogens (tertiary/aromatic N) is 1. The number of carbonyl (C=O) groups excluding carboxylic acids is 1. The summed E-state index contributed by atoms with van der Waals surface area (Å²) >= 11 is 0. The Labute approximate surface area is 286 Å². The summed E-state index contributed by atoms with van der Waals surface area (Å²) in [7, 11) is -1.78. The van der Waals surface area contributed by atoms with Crippen molar-refractivity contribution in [1.29, 1.82) is 0 Å². The van der Waals surface area contributed by atoms with Crippen LogP contribution in [0, 0.1) is 55.4 Å². The number of hydrogen-bond acceptors (Lipinski definition) is 2. The fourth-order valence-electron chi connectivity index (χ4n) is 7.62. The monoisotopic (exact) mass is 665 g/mol. The van der Waals surface area contributed by atoms with Gasteiger partial charge in [-0.15, -0.1) is 0 Å². The molecule has 1 heterocycles. The molecule has 0 N–H and O–H groups in total. The summed E-state index contributed by atoms with van der Waals surface area (Å²) in [6.45, 7) is 26.5. The van der Waals surface area contributed by atoms with Crippen molar-refractivity contribution in [3.8, 4) is 0 Å². The maximum absolute atomic E-state index is 14.5. The van der Waals surface area contributed by atoms with Crippen LogP contribution in [0.1, 0.15) is 78.6 Å². The molecule has 1 saturated heterocycles. The molecule has 0 saturated carbocycles. The van der Waals surface area contributed by atoms with Gasteiger partial charge in [-0.05, 0) is 127 Å². The molecular formula is C42H53NO2P2. The molecule has 0 spiro atoms. The first-order chi connectivity index (χ1) is 21.9. The normalized spacial score (nSPS) is 18.3. The molecule has 1 aliphatic rings.